The van der Waals surface area contributed by atoms with Crippen LogP contribution in [0.15, 0.2) is 42.7 Å². The van der Waals surface area contributed by atoms with Crippen LogP contribution >= 0.6 is 0 Å². The van der Waals surface area contributed by atoms with E-state index >= 15 is 0 Å². The van der Waals surface area contributed by atoms with Gasteiger partial charge >= 0.3 is 0 Å². The van der Waals surface area contributed by atoms with Gasteiger partial charge in [0.1, 0.15) is 6.10 Å². The summed E-state index contributed by atoms with van der Waals surface area (Å²) in [5.41, 5.74) is 1.43. The molecule has 2 aliphatic heterocycles. The molecule has 1 aromatic carbocycles. The molecule has 0 bridgehead atoms. The van der Waals surface area contributed by atoms with E-state index in [1.54, 1.807) is 0 Å². The Hall–Kier alpha value is -1.32. The minimum absolute atomic E-state index is 0.338. The average Bonchev–Trinajstić information content (AvgIpc) is 3.07. The van der Waals surface area contributed by atoms with Crippen molar-refractivity contribution in [1.29, 1.82) is 0 Å². The Labute approximate surface area is 128 Å². The molecular formula is C18H26N2O. The minimum Gasteiger partial charge on any atom is -0.497 e. The lowest BCUT2D eigenvalue weighted by Crippen LogP contribution is -2.37. The first-order valence-electron chi connectivity index (χ1n) is 8.23. The van der Waals surface area contributed by atoms with Gasteiger partial charge < -0.3 is 10.1 Å². The molecule has 3 nitrogen and oxygen atoms in total. The third kappa shape index (κ3) is 4.08. The van der Waals surface area contributed by atoms with E-state index in [-0.39, 0.29) is 0 Å². The van der Waals surface area contributed by atoms with Crippen LogP contribution < -0.4 is 5.32 Å². The normalized spacial score (nSPS) is 23.9. The summed E-state index contributed by atoms with van der Waals surface area (Å²) in [6, 6.07) is 11.4. The summed E-state index contributed by atoms with van der Waals surface area (Å²) in [5.74, 6) is 0. The van der Waals surface area contributed by atoms with E-state index in [2.05, 4.69) is 46.6 Å². The number of hydrogen-bond acceptors (Lipinski definition) is 3. The van der Waals surface area contributed by atoms with Crippen molar-refractivity contribution in [3.05, 3.63) is 48.2 Å². The monoisotopic (exact) mass is 286 g/mol. The van der Waals surface area contributed by atoms with Gasteiger partial charge in [-0.25, -0.2) is 0 Å². The van der Waals surface area contributed by atoms with Crippen molar-refractivity contribution in [2.45, 2.75) is 37.8 Å². The summed E-state index contributed by atoms with van der Waals surface area (Å²) in [6.07, 6.45) is 9.23. The predicted octanol–water partition coefficient (Wildman–Crippen LogP) is 3.11. The van der Waals surface area contributed by atoms with Gasteiger partial charge in [-0.05, 0) is 50.4 Å². The van der Waals surface area contributed by atoms with Crippen LogP contribution in [-0.2, 0) is 4.74 Å². The van der Waals surface area contributed by atoms with Crippen molar-refractivity contribution in [2.24, 2.45) is 0 Å². The average molecular weight is 286 g/mol. The van der Waals surface area contributed by atoms with Crippen molar-refractivity contribution in [3.63, 3.8) is 0 Å². The van der Waals surface area contributed by atoms with Crippen molar-refractivity contribution < 1.29 is 4.74 Å². The fraction of sp³-hybridized carbons (Fsp3) is 0.556. The first-order valence-corrected chi connectivity index (χ1v) is 8.23. The molecule has 0 amide bonds. The van der Waals surface area contributed by atoms with Crippen LogP contribution in [0.2, 0.25) is 0 Å². The number of nitrogens with zero attached hydrogens (tertiary/aromatic N) is 1. The number of ether oxygens (including phenoxy) is 1. The van der Waals surface area contributed by atoms with Gasteiger partial charge in [-0.3, -0.25) is 4.90 Å². The quantitative estimate of drug-likeness (QED) is 0.869. The van der Waals surface area contributed by atoms with Gasteiger partial charge in [0.05, 0.1) is 6.26 Å². The highest BCUT2D eigenvalue weighted by molar-refractivity contribution is 5.19. The van der Waals surface area contributed by atoms with Crippen LogP contribution in [0.1, 0.15) is 37.3 Å². The van der Waals surface area contributed by atoms with Crippen LogP contribution in [0.3, 0.4) is 0 Å². The third-order valence-electron chi connectivity index (χ3n) is 4.50. The summed E-state index contributed by atoms with van der Waals surface area (Å²) in [6.45, 7) is 4.41. The fourth-order valence-corrected chi connectivity index (χ4v) is 3.30. The molecule has 1 fully saturated rings. The molecule has 3 heteroatoms. The van der Waals surface area contributed by atoms with Crippen LogP contribution in [0.5, 0.6) is 0 Å². The molecule has 2 unspecified atom stereocenters. The van der Waals surface area contributed by atoms with Gasteiger partial charge in [-0.1, -0.05) is 30.3 Å². The fourth-order valence-electron chi connectivity index (χ4n) is 3.30. The van der Waals surface area contributed by atoms with Crippen molar-refractivity contribution in [1.82, 2.24) is 10.2 Å². The van der Waals surface area contributed by atoms with Gasteiger partial charge in [-0.15, -0.1) is 0 Å². The molecule has 1 aromatic rings. The summed E-state index contributed by atoms with van der Waals surface area (Å²) in [7, 11) is 0. The second kappa shape index (κ2) is 7.62. The summed E-state index contributed by atoms with van der Waals surface area (Å²) >= 11 is 0. The summed E-state index contributed by atoms with van der Waals surface area (Å²) in [5, 5.41) is 3.63. The smallest absolute Gasteiger partial charge is 0.110 e. The Kier molecular flexibility index (Phi) is 5.30. The Morgan fingerprint density at radius 2 is 2.00 bits per heavy atom. The lowest BCUT2D eigenvalue weighted by Gasteiger charge is -2.29. The largest absolute Gasteiger partial charge is 0.497 e. The zero-order valence-corrected chi connectivity index (χ0v) is 12.7. The van der Waals surface area contributed by atoms with Gasteiger partial charge in [0.2, 0.25) is 0 Å². The lowest BCUT2D eigenvalue weighted by molar-refractivity contribution is 0.119. The highest BCUT2D eigenvalue weighted by atomic mass is 16.5. The Morgan fingerprint density at radius 1 is 1.19 bits per heavy atom. The van der Waals surface area contributed by atoms with E-state index in [9.17, 15) is 0 Å². The zero-order chi connectivity index (χ0) is 14.3. The molecule has 1 saturated heterocycles. The number of likely N-dealkylation sites (tertiary alicyclic amines) is 1. The molecule has 1 N–H and O–H groups in total. The topological polar surface area (TPSA) is 24.5 Å². The molecular weight excluding hydrogens is 260 g/mol. The van der Waals surface area contributed by atoms with E-state index in [0.29, 0.717) is 12.1 Å². The number of nitrogens with one attached hydrogen (secondary N) is 1. The van der Waals surface area contributed by atoms with E-state index in [0.717, 1.165) is 25.9 Å². The Balaban J connectivity index is 1.56. The van der Waals surface area contributed by atoms with Crippen LogP contribution in [0.25, 0.3) is 0 Å². The number of allylic oxidation sites excluding steroid dienone is 1. The second-order valence-electron chi connectivity index (χ2n) is 6.04. The standard InChI is InChI=1S/C18H26N2O/c1-2-8-16(9-3-1)18(20-11-5-6-12-20)15-19-14-17-10-4-7-13-21-17/h1-3,7-9,13,17-19H,4-6,10-12,14-15H2. The number of benzene rings is 1. The molecule has 2 atom stereocenters. The Bertz CT molecular complexity index is 440. The highest BCUT2D eigenvalue weighted by Gasteiger charge is 2.23. The van der Waals surface area contributed by atoms with Gasteiger partial charge in [0.25, 0.3) is 0 Å². The van der Waals surface area contributed by atoms with Crippen LogP contribution in [0.4, 0.5) is 0 Å². The molecule has 0 saturated carbocycles. The SMILES string of the molecule is C1=COC(CNCC(c2ccccc2)N2CCCC2)CC1. The maximum Gasteiger partial charge on any atom is 0.110 e. The maximum atomic E-state index is 5.63. The molecule has 2 aliphatic rings. The van der Waals surface area contributed by atoms with Gasteiger partial charge in [0.15, 0.2) is 0 Å². The molecule has 3 rings (SSSR count). The number of hydrogen-bond donors (Lipinski definition) is 1. The second-order valence-corrected chi connectivity index (χ2v) is 6.04. The molecule has 0 spiro atoms. The van der Waals surface area contributed by atoms with E-state index in [4.69, 9.17) is 4.74 Å². The highest BCUT2D eigenvalue weighted by Crippen LogP contribution is 2.24. The van der Waals surface area contributed by atoms with E-state index in [1.807, 2.05) is 6.26 Å². The molecule has 114 valence electrons. The van der Waals surface area contributed by atoms with Crippen molar-refractivity contribution >= 4 is 0 Å². The lowest BCUT2D eigenvalue weighted by atomic mass is 10.1. The van der Waals surface area contributed by atoms with Gasteiger partial charge in [-0.2, -0.15) is 0 Å². The van der Waals surface area contributed by atoms with E-state index in [1.165, 1.54) is 31.5 Å². The molecule has 21 heavy (non-hydrogen) atoms. The molecule has 0 radical (unpaired) electrons. The molecule has 0 aliphatic carbocycles. The zero-order valence-electron chi connectivity index (χ0n) is 12.7. The number of rotatable bonds is 6. The minimum atomic E-state index is 0.338. The Morgan fingerprint density at radius 3 is 2.71 bits per heavy atom. The van der Waals surface area contributed by atoms with Crippen molar-refractivity contribution in [2.75, 3.05) is 26.2 Å². The third-order valence-corrected chi connectivity index (χ3v) is 4.50. The van der Waals surface area contributed by atoms with E-state index < -0.39 is 0 Å². The molecule has 2 heterocycles. The van der Waals surface area contributed by atoms with Crippen LogP contribution in [-0.4, -0.2) is 37.2 Å². The molecule has 0 aromatic heterocycles. The first-order chi connectivity index (χ1) is 10.4. The summed E-state index contributed by atoms with van der Waals surface area (Å²) in [4.78, 5) is 2.62. The maximum absolute atomic E-state index is 5.63. The first kappa shape index (κ1) is 14.6. The van der Waals surface area contributed by atoms with Crippen LogP contribution in [0, 0.1) is 0 Å². The van der Waals surface area contributed by atoms with Crippen molar-refractivity contribution in [3.8, 4) is 0 Å². The predicted molar refractivity (Wildman–Crippen MR) is 86.1 cm³/mol. The van der Waals surface area contributed by atoms with Gasteiger partial charge in [0, 0.05) is 19.1 Å². The summed E-state index contributed by atoms with van der Waals surface area (Å²) < 4.78 is 5.63.